The first kappa shape index (κ1) is 29.0. The first-order valence-corrected chi connectivity index (χ1v) is 13.8. The molecule has 0 unspecified atom stereocenters. The number of furan rings is 1. The van der Waals surface area contributed by atoms with Crippen LogP contribution in [0.3, 0.4) is 0 Å². The molecule has 0 saturated heterocycles. The van der Waals surface area contributed by atoms with Crippen LogP contribution in [0.25, 0.3) is 0 Å². The van der Waals surface area contributed by atoms with Gasteiger partial charge in [-0.25, -0.2) is 4.79 Å². The lowest BCUT2D eigenvalue weighted by molar-refractivity contribution is -0.133. The van der Waals surface area contributed by atoms with Gasteiger partial charge in [0.25, 0.3) is 0 Å². The number of aryl methyl sites for hydroxylation is 1. The van der Waals surface area contributed by atoms with Gasteiger partial charge in [-0.05, 0) is 73.7 Å². The zero-order valence-corrected chi connectivity index (χ0v) is 23.8. The number of fused-ring (bicyclic) bond motifs is 1. The summed E-state index contributed by atoms with van der Waals surface area (Å²) in [5.41, 5.74) is 2.76. The summed E-state index contributed by atoms with van der Waals surface area (Å²) in [6.45, 7) is 10.2. The summed E-state index contributed by atoms with van der Waals surface area (Å²) < 4.78 is 22.2. The zero-order valence-electron chi connectivity index (χ0n) is 23.8. The first-order valence-electron chi connectivity index (χ1n) is 13.8. The first-order chi connectivity index (χ1) is 19.3. The van der Waals surface area contributed by atoms with E-state index in [0.29, 0.717) is 61.6 Å². The summed E-state index contributed by atoms with van der Waals surface area (Å²) >= 11 is 0. The van der Waals surface area contributed by atoms with Crippen LogP contribution in [0.5, 0.6) is 11.5 Å². The maximum absolute atomic E-state index is 13.7. The maximum Gasteiger partial charge on any atom is 0.322 e. The molecule has 2 aromatic carbocycles. The van der Waals surface area contributed by atoms with Crippen LogP contribution < -0.4 is 14.8 Å². The smallest absolute Gasteiger partial charge is 0.322 e. The Bertz CT molecular complexity index is 1270. The Morgan fingerprint density at radius 3 is 2.45 bits per heavy atom. The van der Waals surface area contributed by atoms with Crippen molar-refractivity contribution in [2.75, 3.05) is 38.4 Å². The second-order valence-corrected chi connectivity index (χ2v) is 10.1. The molecule has 40 heavy (non-hydrogen) atoms. The molecule has 214 valence electrons. The summed E-state index contributed by atoms with van der Waals surface area (Å²) in [7, 11) is 0. The lowest BCUT2D eigenvalue weighted by Gasteiger charge is -2.28. The van der Waals surface area contributed by atoms with Gasteiger partial charge in [-0.2, -0.15) is 0 Å². The summed E-state index contributed by atoms with van der Waals surface area (Å²) in [5.74, 6) is 2.97. The molecule has 2 heterocycles. The Morgan fingerprint density at radius 2 is 1.75 bits per heavy atom. The number of anilines is 1. The third-order valence-electron chi connectivity index (χ3n) is 6.67. The number of benzene rings is 2. The lowest BCUT2D eigenvalue weighted by Crippen LogP contribution is -2.44. The molecule has 9 heteroatoms. The monoisotopic (exact) mass is 549 g/mol. The van der Waals surface area contributed by atoms with Gasteiger partial charge in [-0.1, -0.05) is 32.0 Å². The molecule has 0 saturated carbocycles. The van der Waals surface area contributed by atoms with Crippen LogP contribution in [0.1, 0.15) is 55.8 Å². The molecule has 1 aromatic heterocycles. The second-order valence-electron chi connectivity index (χ2n) is 10.1. The highest BCUT2D eigenvalue weighted by Crippen LogP contribution is 2.33. The molecule has 0 radical (unpaired) electrons. The van der Waals surface area contributed by atoms with Gasteiger partial charge < -0.3 is 33.7 Å². The number of hydrogen-bond donors (Lipinski definition) is 1. The van der Waals surface area contributed by atoms with Crippen molar-refractivity contribution in [1.82, 2.24) is 9.80 Å². The topological polar surface area (TPSA) is 93.5 Å². The van der Waals surface area contributed by atoms with Crippen LogP contribution in [0.2, 0.25) is 0 Å². The van der Waals surface area contributed by atoms with E-state index in [0.717, 1.165) is 11.3 Å². The summed E-state index contributed by atoms with van der Waals surface area (Å²) in [4.78, 5) is 30.3. The number of carbonyl (C=O) groups is 2. The van der Waals surface area contributed by atoms with E-state index in [1.807, 2.05) is 68.4 Å². The minimum atomic E-state index is -0.334. The van der Waals surface area contributed by atoms with E-state index in [-0.39, 0.29) is 31.8 Å². The Kier molecular flexibility index (Phi) is 10.1. The molecule has 3 amide bonds. The predicted octanol–water partition coefficient (Wildman–Crippen LogP) is 5.93. The Balaban J connectivity index is 1.49. The largest absolute Gasteiger partial charge is 0.464 e. The Labute approximate surface area is 236 Å². The fourth-order valence-corrected chi connectivity index (χ4v) is 4.42. The van der Waals surface area contributed by atoms with Gasteiger partial charge in [0.1, 0.15) is 18.1 Å². The van der Waals surface area contributed by atoms with Crippen LogP contribution in [0.15, 0.2) is 59.0 Å². The third kappa shape index (κ3) is 8.02. The molecule has 4 rings (SSSR count). The van der Waals surface area contributed by atoms with Crippen molar-refractivity contribution in [3.63, 3.8) is 0 Å². The van der Waals surface area contributed by atoms with Gasteiger partial charge in [-0.3, -0.25) is 4.79 Å². The number of ether oxygens (including phenoxy) is 3. The number of carbonyl (C=O) groups excluding carboxylic acids is 2. The van der Waals surface area contributed by atoms with Gasteiger partial charge in [0, 0.05) is 32.0 Å². The number of urea groups is 1. The zero-order chi connectivity index (χ0) is 28.5. The quantitative estimate of drug-likeness (QED) is 0.266. The highest BCUT2D eigenvalue weighted by atomic mass is 16.7. The molecule has 1 aliphatic heterocycles. The molecule has 0 spiro atoms. The fourth-order valence-electron chi connectivity index (χ4n) is 4.42. The van der Waals surface area contributed by atoms with Crippen molar-refractivity contribution in [3.8, 4) is 11.5 Å². The Morgan fingerprint density at radius 1 is 0.975 bits per heavy atom. The van der Waals surface area contributed by atoms with E-state index in [1.54, 1.807) is 4.90 Å². The summed E-state index contributed by atoms with van der Waals surface area (Å²) in [5, 5.41) is 2.95. The van der Waals surface area contributed by atoms with E-state index in [1.165, 1.54) is 10.5 Å². The van der Waals surface area contributed by atoms with Crippen molar-refractivity contribution < 1.29 is 28.2 Å². The van der Waals surface area contributed by atoms with E-state index >= 15 is 0 Å². The number of nitrogens with one attached hydrogen (secondary N) is 1. The Hall–Kier alpha value is -3.98. The maximum atomic E-state index is 13.7. The molecule has 1 aliphatic rings. The second kappa shape index (κ2) is 13.9. The van der Waals surface area contributed by atoms with E-state index in [2.05, 4.69) is 19.2 Å². The molecule has 0 fully saturated rings. The van der Waals surface area contributed by atoms with Crippen molar-refractivity contribution in [1.29, 1.82) is 0 Å². The standard InChI is InChI=1S/C31H39N3O6/c1-5-37-16-6-15-33(31(36)32-26-11-9-25(10-12-26)22(2)3)20-30(35)34(19-27-13-7-23(4)40-27)18-24-8-14-28-29(17-24)39-21-38-28/h7-14,17,22H,5-6,15-16,18-21H2,1-4H3,(H,32,36). The van der Waals surface area contributed by atoms with Gasteiger partial charge >= 0.3 is 6.03 Å². The normalized spacial score (nSPS) is 12.0. The lowest BCUT2D eigenvalue weighted by atomic mass is 10.0. The third-order valence-corrected chi connectivity index (χ3v) is 6.67. The van der Waals surface area contributed by atoms with Crippen LogP contribution in [-0.2, 0) is 22.6 Å². The average Bonchev–Trinajstić information content (AvgIpc) is 3.58. The van der Waals surface area contributed by atoms with Crippen molar-refractivity contribution in [2.24, 2.45) is 0 Å². The highest BCUT2D eigenvalue weighted by molar-refractivity contribution is 5.92. The van der Waals surface area contributed by atoms with E-state index < -0.39 is 0 Å². The molecule has 9 nitrogen and oxygen atoms in total. The fraction of sp³-hybridized carbons (Fsp3) is 0.419. The minimum Gasteiger partial charge on any atom is -0.464 e. The van der Waals surface area contributed by atoms with Gasteiger partial charge in [0.05, 0.1) is 6.54 Å². The number of nitrogens with zero attached hydrogens (tertiary/aromatic N) is 2. The molecule has 0 atom stereocenters. The van der Waals surface area contributed by atoms with Gasteiger partial charge in [0.2, 0.25) is 12.7 Å². The van der Waals surface area contributed by atoms with Crippen LogP contribution in [0, 0.1) is 6.92 Å². The molecule has 1 N–H and O–H groups in total. The number of hydrogen-bond acceptors (Lipinski definition) is 6. The SMILES string of the molecule is CCOCCCN(CC(=O)N(Cc1ccc2c(c1)OCO2)Cc1ccc(C)o1)C(=O)Nc1ccc(C(C)C)cc1. The van der Waals surface area contributed by atoms with Crippen LogP contribution in [0.4, 0.5) is 10.5 Å². The van der Waals surface area contributed by atoms with Crippen LogP contribution in [-0.4, -0.2) is 54.8 Å². The summed E-state index contributed by atoms with van der Waals surface area (Å²) in [6.07, 6.45) is 0.611. The van der Waals surface area contributed by atoms with E-state index in [9.17, 15) is 9.59 Å². The number of rotatable bonds is 13. The van der Waals surface area contributed by atoms with Gasteiger partial charge in [-0.15, -0.1) is 0 Å². The van der Waals surface area contributed by atoms with Gasteiger partial charge in [0.15, 0.2) is 11.5 Å². The highest BCUT2D eigenvalue weighted by Gasteiger charge is 2.24. The van der Waals surface area contributed by atoms with Crippen molar-refractivity contribution in [3.05, 3.63) is 77.2 Å². The van der Waals surface area contributed by atoms with Crippen LogP contribution >= 0.6 is 0 Å². The average molecular weight is 550 g/mol. The van der Waals surface area contributed by atoms with E-state index in [4.69, 9.17) is 18.6 Å². The molecule has 0 aliphatic carbocycles. The minimum absolute atomic E-state index is 0.0910. The molecular weight excluding hydrogens is 510 g/mol. The van der Waals surface area contributed by atoms with Crippen molar-refractivity contribution in [2.45, 2.75) is 53.1 Å². The predicted molar refractivity (Wildman–Crippen MR) is 152 cm³/mol. The molecule has 3 aromatic rings. The number of amides is 3. The summed E-state index contributed by atoms with van der Waals surface area (Å²) in [6, 6.07) is 16.8. The molecule has 0 bridgehead atoms. The molecular formula is C31H39N3O6. The van der Waals surface area contributed by atoms with Crippen molar-refractivity contribution >= 4 is 17.6 Å².